The van der Waals surface area contributed by atoms with Crippen molar-refractivity contribution in [1.82, 2.24) is 0 Å². The first kappa shape index (κ1) is 14.0. The summed E-state index contributed by atoms with van der Waals surface area (Å²) in [4.78, 5) is 22.4. The molecule has 19 heavy (non-hydrogen) atoms. The van der Waals surface area contributed by atoms with Crippen LogP contribution in [0.3, 0.4) is 0 Å². The molecule has 6 heteroatoms. The Morgan fingerprint density at radius 2 is 2.00 bits per heavy atom. The molecule has 1 fully saturated rings. The Kier molecular flexibility index (Phi) is 3.62. The molecule has 3 rings (SSSR count). The molecule has 1 spiro atoms. The van der Waals surface area contributed by atoms with Gasteiger partial charge in [0, 0.05) is 16.6 Å². The lowest BCUT2D eigenvalue weighted by Gasteiger charge is -2.35. The van der Waals surface area contributed by atoms with Crippen molar-refractivity contribution in [2.24, 2.45) is 0 Å². The number of hydrogen-bond acceptors (Lipinski definition) is 3. The van der Waals surface area contributed by atoms with Crippen LogP contribution in [0.4, 0.5) is 11.4 Å². The van der Waals surface area contributed by atoms with Gasteiger partial charge in [-0.3, -0.25) is 14.9 Å². The van der Waals surface area contributed by atoms with Crippen molar-refractivity contribution in [2.75, 3.05) is 5.32 Å². The minimum atomic E-state index is -0.510. The topological polar surface area (TPSA) is 72.2 Å². The van der Waals surface area contributed by atoms with E-state index in [1.165, 1.54) is 12.1 Å². The average molecular weight is 327 g/mol. The third kappa shape index (κ3) is 1.94. The first-order valence-corrected chi connectivity index (χ1v) is 7.14. The van der Waals surface area contributed by atoms with Crippen LogP contribution in [0, 0.1) is 10.1 Å². The van der Waals surface area contributed by atoms with Crippen LogP contribution in [-0.4, -0.2) is 10.8 Å². The maximum Gasteiger partial charge on any atom is 0.271 e. The second-order valence-electron chi connectivity index (χ2n) is 4.50. The van der Waals surface area contributed by atoms with E-state index in [9.17, 15) is 14.9 Å². The molecule has 0 saturated heterocycles. The van der Waals surface area contributed by atoms with Crippen LogP contribution < -0.4 is 5.32 Å². The SMILES string of the molecule is CC.O=C1Nc2c(Br)cc([N+](=O)[O-])cc2C12CCC2. The fourth-order valence-corrected chi connectivity index (χ4v) is 3.13. The number of halogens is 1. The highest BCUT2D eigenvalue weighted by Gasteiger charge is 2.52. The molecule has 1 saturated carbocycles. The van der Waals surface area contributed by atoms with Crippen LogP contribution in [-0.2, 0) is 10.2 Å². The number of non-ortho nitro benzene ring substituents is 1. The first-order valence-electron chi connectivity index (χ1n) is 6.34. The fourth-order valence-electron chi connectivity index (χ4n) is 2.58. The summed E-state index contributed by atoms with van der Waals surface area (Å²) in [5.41, 5.74) is 0.984. The molecular formula is C13H15BrN2O3. The van der Waals surface area contributed by atoms with Crippen molar-refractivity contribution in [3.8, 4) is 0 Å². The summed E-state index contributed by atoms with van der Waals surface area (Å²) in [6.45, 7) is 4.00. The number of fused-ring (bicyclic) bond motifs is 2. The van der Waals surface area contributed by atoms with Gasteiger partial charge >= 0.3 is 0 Å². The van der Waals surface area contributed by atoms with Gasteiger partial charge in [-0.2, -0.15) is 0 Å². The molecule has 0 aromatic heterocycles. The van der Waals surface area contributed by atoms with E-state index in [1.807, 2.05) is 13.8 Å². The predicted molar refractivity (Wildman–Crippen MR) is 76.3 cm³/mol. The zero-order chi connectivity index (χ0) is 14.2. The number of hydrogen-bond donors (Lipinski definition) is 1. The Labute approximate surface area is 119 Å². The summed E-state index contributed by atoms with van der Waals surface area (Å²) in [5.74, 6) is -0.0278. The van der Waals surface area contributed by atoms with Gasteiger partial charge in [-0.25, -0.2) is 0 Å². The number of nitro benzene ring substituents is 1. The van der Waals surface area contributed by atoms with E-state index in [0.29, 0.717) is 10.2 Å². The third-order valence-electron chi connectivity index (χ3n) is 3.68. The number of nitrogens with one attached hydrogen (secondary N) is 1. The fraction of sp³-hybridized carbons (Fsp3) is 0.462. The molecule has 1 aliphatic carbocycles. The second kappa shape index (κ2) is 4.92. The number of carbonyl (C=O) groups excluding carboxylic acids is 1. The maximum atomic E-state index is 12.0. The van der Waals surface area contributed by atoms with Gasteiger partial charge in [0.05, 0.1) is 16.0 Å². The highest BCUT2D eigenvalue weighted by Crippen LogP contribution is 2.53. The lowest BCUT2D eigenvalue weighted by atomic mass is 9.65. The molecule has 1 amide bonds. The van der Waals surface area contributed by atoms with E-state index in [2.05, 4.69) is 21.2 Å². The molecule has 2 aliphatic rings. The van der Waals surface area contributed by atoms with Gasteiger partial charge in [-0.1, -0.05) is 20.3 Å². The molecule has 1 heterocycles. The molecule has 0 unspecified atom stereocenters. The number of benzene rings is 1. The molecule has 0 bridgehead atoms. The average Bonchev–Trinajstić information content (AvgIpc) is 2.64. The van der Waals surface area contributed by atoms with Crippen molar-refractivity contribution in [3.05, 3.63) is 32.3 Å². The number of nitro groups is 1. The van der Waals surface area contributed by atoms with Crippen molar-refractivity contribution in [3.63, 3.8) is 0 Å². The van der Waals surface area contributed by atoms with Crippen molar-refractivity contribution < 1.29 is 9.72 Å². The molecule has 1 aromatic rings. The van der Waals surface area contributed by atoms with Gasteiger partial charge in [0.25, 0.3) is 5.69 Å². The van der Waals surface area contributed by atoms with Crippen LogP contribution in [0.5, 0.6) is 0 Å². The van der Waals surface area contributed by atoms with Crippen LogP contribution in [0.25, 0.3) is 0 Å². The molecule has 0 radical (unpaired) electrons. The number of nitrogens with zero attached hydrogens (tertiary/aromatic N) is 1. The zero-order valence-electron chi connectivity index (χ0n) is 10.8. The summed E-state index contributed by atoms with van der Waals surface area (Å²) >= 11 is 3.28. The van der Waals surface area contributed by atoms with Crippen LogP contribution in [0.15, 0.2) is 16.6 Å². The molecular weight excluding hydrogens is 312 g/mol. The normalized spacial score (nSPS) is 17.9. The largest absolute Gasteiger partial charge is 0.324 e. The summed E-state index contributed by atoms with van der Waals surface area (Å²) in [5, 5.41) is 13.6. The standard InChI is InChI=1S/C11H9BrN2O3.C2H6/c12-8-5-6(14(16)17)4-7-9(8)13-10(15)11(7)2-1-3-11;1-2/h4-5H,1-3H2,(H,13,15);1-2H3. The lowest BCUT2D eigenvalue weighted by Crippen LogP contribution is -2.40. The summed E-state index contributed by atoms with van der Waals surface area (Å²) in [6, 6.07) is 2.95. The van der Waals surface area contributed by atoms with E-state index in [0.717, 1.165) is 24.8 Å². The molecule has 102 valence electrons. The van der Waals surface area contributed by atoms with Gasteiger partial charge in [-0.05, 0) is 34.3 Å². The predicted octanol–water partition coefficient (Wildman–Crippen LogP) is 3.76. The van der Waals surface area contributed by atoms with Gasteiger partial charge in [0.1, 0.15) is 0 Å². The second-order valence-corrected chi connectivity index (χ2v) is 5.35. The van der Waals surface area contributed by atoms with Gasteiger partial charge < -0.3 is 5.32 Å². The van der Waals surface area contributed by atoms with Gasteiger partial charge in [-0.15, -0.1) is 0 Å². The highest BCUT2D eigenvalue weighted by molar-refractivity contribution is 9.10. The highest BCUT2D eigenvalue weighted by atomic mass is 79.9. The van der Waals surface area contributed by atoms with Gasteiger partial charge in [0.15, 0.2) is 0 Å². The van der Waals surface area contributed by atoms with E-state index < -0.39 is 10.3 Å². The Morgan fingerprint density at radius 1 is 1.37 bits per heavy atom. The Bertz CT molecular complexity index is 553. The van der Waals surface area contributed by atoms with Crippen molar-refractivity contribution >= 4 is 33.2 Å². The Hall–Kier alpha value is -1.43. The smallest absolute Gasteiger partial charge is 0.271 e. The lowest BCUT2D eigenvalue weighted by molar-refractivity contribution is -0.385. The van der Waals surface area contributed by atoms with Crippen molar-refractivity contribution in [2.45, 2.75) is 38.5 Å². The minimum Gasteiger partial charge on any atom is -0.324 e. The summed E-state index contributed by atoms with van der Waals surface area (Å²) < 4.78 is 0.582. The molecule has 1 aromatic carbocycles. The number of carbonyl (C=O) groups is 1. The van der Waals surface area contributed by atoms with Crippen LogP contribution in [0.2, 0.25) is 0 Å². The Balaban J connectivity index is 0.000000637. The molecule has 1 aliphatic heterocycles. The molecule has 0 atom stereocenters. The molecule has 1 N–H and O–H groups in total. The van der Waals surface area contributed by atoms with Gasteiger partial charge in [0.2, 0.25) is 5.91 Å². The number of anilines is 1. The Morgan fingerprint density at radius 3 is 2.47 bits per heavy atom. The van der Waals surface area contributed by atoms with Crippen LogP contribution in [0.1, 0.15) is 38.7 Å². The third-order valence-corrected chi connectivity index (χ3v) is 4.31. The number of rotatable bonds is 1. The van der Waals surface area contributed by atoms with Crippen LogP contribution >= 0.6 is 15.9 Å². The monoisotopic (exact) mass is 326 g/mol. The first-order chi connectivity index (χ1) is 9.04. The molecule has 5 nitrogen and oxygen atoms in total. The van der Waals surface area contributed by atoms with E-state index in [4.69, 9.17) is 0 Å². The number of amides is 1. The van der Waals surface area contributed by atoms with E-state index in [1.54, 1.807) is 0 Å². The summed E-state index contributed by atoms with van der Waals surface area (Å²) in [7, 11) is 0. The minimum absolute atomic E-state index is 0.0263. The summed E-state index contributed by atoms with van der Waals surface area (Å²) in [6.07, 6.45) is 2.55. The maximum absolute atomic E-state index is 12.0. The van der Waals surface area contributed by atoms with E-state index >= 15 is 0 Å². The quantitative estimate of drug-likeness (QED) is 0.630. The van der Waals surface area contributed by atoms with Crippen molar-refractivity contribution in [1.29, 1.82) is 0 Å². The zero-order valence-corrected chi connectivity index (χ0v) is 12.4. The van der Waals surface area contributed by atoms with E-state index in [-0.39, 0.29) is 11.6 Å².